The van der Waals surface area contributed by atoms with Crippen LogP contribution in [0.25, 0.3) is 0 Å². The number of carbonyl (C=O) groups excluding carboxylic acids is 1. The van der Waals surface area contributed by atoms with Crippen molar-refractivity contribution in [1.82, 2.24) is 0 Å². The molecule has 2 N–H and O–H groups in total. The van der Waals surface area contributed by atoms with Gasteiger partial charge in [-0.1, -0.05) is 0 Å². The molecule has 0 aromatic rings. The highest BCUT2D eigenvalue weighted by Gasteiger charge is 2.20. The van der Waals surface area contributed by atoms with Crippen molar-refractivity contribution in [2.45, 2.75) is 18.9 Å². The number of cyclic esters (lactones) is 1. The Hall–Kier alpha value is -0.570. The predicted octanol–water partition coefficient (Wildman–Crippen LogP) is -0.349. The first-order valence-electron chi connectivity index (χ1n) is 2.72. The van der Waals surface area contributed by atoms with Crippen molar-refractivity contribution in [3.8, 4) is 0 Å². The first-order valence-corrected chi connectivity index (χ1v) is 2.72. The lowest BCUT2D eigenvalue weighted by Gasteiger charge is -2.01. The predicted molar refractivity (Wildman–Crippen MR) is 28.2 cm³/mol. The quantitative estimate of drug-likeness (QED) is 0.475. The fourth-order valence-corrected chi connectivity index (χ4v) is 0.749. The molecule has 46 valence electrons. The van der Waals surface area contributed by atoms with Crippen LogP contribution >= 0.6 is 0 Å². The third-order valence-electron chi connectivity index (χ3n) is 1.23. The van der Waals surface area contributed by atoms with Gasteiger partial charge in [-0.05, 0) is 6.42 Å². The smallest absolute Gasteiger partial charge is 0.306 e. The van der Waals surface area contributed by atoms with Crippen molar-refractivity contribution < 1.29 is 9.53 Å². The highest BCUT2D eigenvalue weighted by Crippen LogP contribution is 2.11. The summed E-state index contributed by atoms with van der Waals surface area (Å²) in [6.07, 6.45) is 1.35. The van der Waals surface area contributed by atoms with Crippen LogP contribution in [0.4, 0.5) is 0 Å². The Balaban J connectivity index is 2.32. The number of esters is 1. The Morgan fingerprint density at radius 2 is 2.62 bits per heavy atom. The fourth-order valence-electron chi connectivity index (χ4n) is 0.749. The monoisotopic (exact) mass is 115 g/mol. The summed E-state index contributed by atoms with van der Waals surface area (Å²) >= 11 is 0. The van der Waals surface area contributed by atoms with Crippen LogP contribution in [0.2, 0.25) is 0 Å². The zero-order valence-electron chi connectivity index (χ0n) is 4.59. The van der Waals surface area contributed by atoms with Gasteiger partial charge >= 0.3 is 5.97 Å². The second-order valence-electron chi connectivity index (χ2n) is 1.89. The van der Waals surface area contributed by atoms with Gasteiger partial charge < -0.3 is 10.5 Å². The first-order chi connectivity index (χ1) is 3.83. The second kappa shape index (κ2) is 2.13. The molecule has 1 aliphatic rings. The van der Waals surface area contributed by atoms with E-state index in [9.17, 15) is 4.79 Å². The maximum absolute atomic E-state index is 10.3. The van der Waals surface area contributed by atoms with E-state index in [-0.39, 0.29) is 12.1 Å². The molecule has 1 heterocycles. The summed E-state index contributed by atoms with van der Waals surface area (Å²) < 4.78 is 4.75. The second-order valence-corrected chi connectivity index (χ2v) is 1.89. The fraction of sp³-hybridized carbons (Fsp3) is 0.800. The standard InChI is InChI=1S/C5H9NO2/c6-3-4-1-2-5(7)8-4/h4H,1-3,6H2/t4-/m0/s1. The third-order valence-corrected chi connectivity index (χ3v) is 1.23. The minimum absolute atomic E-state index is 0.00231. The van der Waals surface area contributed by atoms with E-state index >= 15 is 0 Å². The van der Waals surface area contributed by atoms with Crippen LogP contribution in [0.3, 0.4) is 0 Å². The summed E-state index contributed by atoms with van der Waals surface area (Å²) in [5.74, 6) is -0.111. The van der Waals surface area contributed by atoms with Crippen molar-refractivity contribution in [1.29, 1.82) is 0 Å². The van der Waals surface area contributed by atoms with Gasteiger partial charge in [0.05, 0.1) is 0 Å². The van der Waals surface area contributed by atoms with E-state index in [0.29, 0.717) is 13.0 Å². The van der Waals surface area contributed by atoms with E-state index in [1.807, 2.05) is 0 Å². The lowest BCUT2D eigenvalue weighted by atomic mass is 10.2. The Labute approximate surface area is 47.8 Å². The van der Waals surface area contributed by atoms with E-state index in [4.69, 9.17) is 10.5 Å². The maximum Gasteiger partial charge on any atom is 0.306 e. The van der Waals surface area contributed by atoms with Crippen molar-refractivity contribution in [3.63, 3.8) is 0 Å². The van der Waals surface area contributed by atoms with Crippen molar-refractivity contribution >= 4 is 5.97 Å². The molecule has 8 heavy (non-hydrogen) atoms. The molecule has 0 aromatic heterocycles. The van der Waals surface area contributed by atoms with Gasteiger partial charge in [0.15, 0.2) is 0 Å². The minimum Gasteiger partial charge on any atom is -0.461 e. The zero-order chi connectivity index (χ0) is 5.98. The van der Waals surface area contributed by atoms with Crippen LogP contribution in [-0.4, -0.2) is 18.6 Å². The number of carbonyl (C=O) groups is 1. The van der Waals surface area contributed by atoms with Crippen molar-refractivity contribution in [3.05, 3.63) is 0 Å². The molecule has 1 fully saturated rings. The molecule has 0 aliphatic carbocycles. The Bertz CT molecular complexity index is 103. The molecule has 3 heteroatoms. The minimum atomic E-state index is -0.111. The summed E-state index contributed by atoms with van der Waals surface area (Å²) in [6.45, 7) is 0.464. The molecular weight excluding hydrogens is 106 g/mol. The Kier molecular flexibility index (Phi) is 1.48. The molecule has 0 amide bonds. The molecule has 0 bridgehead atoms. The van der Waals surface area contributed by atoms with Gasteiger partial charge in [0.25, 0.3) is 0 Å². The summed E-state index contributed by atoms with van der Waals surface area (Å²) in [5.41, 5.74) is 5.22. The van der Waals surface area contributed by atoms with Gasteiger partial charge in [-0.3, -0.25) is 4.79 Å². The molecule has 1 rings (SSSR count). The average Bonchev–Trinajstić information content (AvgIpc) is 2.14. The van der Waals surface area contributed by atoms with Crippen LogP contribution in [0, 0.1) is 0 Å². The van der Waals surface area contributed by atoms with E-state index in [1.54, 1.807) is 0 Å². The highest BCUT2D eigenvalue weighted by atomic mass is 16.5. The normalized spacial score (nSPS) is 28.1. The highest BCUT2D eigenvalue weighted by molar-refractivity contribution is 5.71. The number of hydrogen-bond donors (Lipinski definition) is 1. The number of rotatable bonds is 1. The van der Waals surface area contributed by atoms with E-state index in [2.05, 4.69) is 0 Å². The number of hydrogen-bond acceptors (Lipinski definition) is 3. The molecular formula is C5H9NO2. The molecule has 1 aliphatic heterocycles. The number of ether oxygens (including phenoxy) is 1. The van der Waals surface area contributed by atoms with Gasteiger partial charge in [0.2, 0.25) is 0 Å². The first kappa shape index (κ1) is 5.56. The van der Waals surface area contributed by atoms with Crippen LogP contribution in [0.15, 0.2) is 0 Å². The SMILES string of the molecule is NC[C@@H]1CCC(=O)O1. The summed E-state index contributed by atoms with van der Waals surface area (Å²) in [6, 6.07) is 0. The Morgan fingerprint density at radius 3 is 2.88 bits per heavy atom. The Morgan fingerprint density at radius 1 is 1.88 bits per heavy atom. The molecule has 0 radical (unpaired) electrons. The van der Waals surface area contributed by atoms with Crippen LogP contribution in [0.5, 0.6) is 0 Å². The van der Waals surface area contributed by atoms with Crippen LogP contribution < -0.4 is 5.73 Å². The molecule has 0 aromatic carbocycles. The topological polar surface area (TPSA) is 52.3 Å². The van der Waals surface area contributed by atoms with Crippen molar-refractivity contribution in [2.24, 2.45) is 5.73 Å². The molecule has 3 nitrogen and oxygen atoms in total. The molecule has 0 spiro atoms. The van der Waals surface area contributed by atoms with Gasteiger partial charge in [-0.2, -0.15) is 0 Å². The molecule has 1 atom stereocenters. The lowest BCUT2D eigenvalue weighted by molar-refractivity contribution is -0.141. The van der Waals surface area contributed by atoms with E-state index in [0.717, 1.165) is 6.42 Å². The van der Waals surface area contributed by atoms with Gasteiger partial charge in [-0.25, -0.2) is 0 Å². The third kappa shape index (κ3) is 0.980. The maximum atomic E-state index is 10.3. The summed E-state index contributed by atoms with van der Waals surface area (Å²) in [5, 5.41) is 0. The largest absolute Gasteiger partial charge is 0.461 e. The zero-order valence-corrected chi connectivity index (χ0v) is 4.59. The summed E-state index contributed by atoms with van der Waals surface area (Å²) in [4.78, 5) is 10.3. The van der Waals surface area contributed by atoms with Crippen LogP contribution in [-0.2, 0) is 9.53 Å². The van der Waals surface area contributed by atoms with Gasteiger partial charge in [0, 0.05) is 13.0 Å². The molecule has 0 unspecified atom stereocenters. The lowest BCUT2D eigenvalue weighted by Crippen LogP contribution is -2.18. The van der Waals surface area contributed by atoms with Crippen molar-refractivity contribution in [2.75, 3.05) is 6.54 Å². The average molecular weight is 115 g/mol. The van der Waals surface area contributed by atoms with Crippen LogP contribution in [0.1, 0.15) is 12.8 Å². The van der Waals surface area contributed by atoms with Gasteiger partial charge in [-0.15, -0.1) is 0 Å². The van der Waals surface area contributed by atoms with E-state index in [1.165, 1.54) is 0 Å². The van der Waals surface area contributed by atoms with E-state index < -0.39 is 0 Å². The molecule has 1 saturated heterocycles. The number of nitrogens with two attached hydrogens (primary N) is 1. The van der Waals surface area contributed by atoms with Gasteiger partial charge in [0.1, 0.15) is 6.10 Å². The molecule has 0 saturated carbocycles. The summed E-state index contributed by atoms with van der Waals surface area (Å²) in [7, 11) is 0.